The van der Waals surface area contributed by atoms with Gasteiger partial charge in [-0.25, -0.2) is 4.98 Å². The molecule has 0 radical (unpaired) electrons. The van der Waals surface area contributed by atoms with Crippen LogP contribution in [0.1, 0.15) is 19.8 Å². The van der Waals surface area contributed by atoms with Gasteiger partial charge in [0.2, 0.25) is 5.91 Å². The van der Waals surface area contributed by atoms with Gasteiger partial charge in [-0.1, -0.05) is 19.1 Å². The molecule has 110 valence electrons. The average molecular weight is 285 g/mol. The molecular weight excluding hydrogens is 266 g/mol. The number of carbonyl (C=O) groups excluding carboxylic acids is 1. The smallest absolute Gasteiger partial charge is 0.269 e. The molecule has 1 aromatic heterocycles. The number of hydrogen-bond acceptors (Lipinski definition) is 3. The molecule has 1 amide bonds. The molecule has 0 aliphatic carbocycles. The monoisotopic (exact) mass is 285 g/mol. The summed E-state index contributed by atoms with van der Waals surface area (Å²) in [6.07, 6.45) is 3.50. The number of piperidine rings is 1. The van der Waals surface area contributed by atoms with Crippen LogP contribution < -0.4 is 5.56 Å². The first kappa shape index (κ1) is 13.8. The van der Waals surface area contributed by atoms with Gasteiger partial charge in [-0.2, -0.15) is 0 Å². The molecule has 0 saturated carbocycles. The van der Waals surface area contributed by atoms with Crippen molar-refractivity contribution in [3.8, 4) is 0 Å². The van der Waals surface area contributed by atoms with E-state index in [0.717, 1.165) is 25.0 Å². The van der Waals surface area contributed by atoms with Crippen LogP contribution in [0.5, 0.6) is 0 Å². The number of amides is 1. The topological polar surface area (TPSA) is 55.2 Å². The van der Waals surface area contributed by atoms with E-state index in [-0.39, 0.29) is 18.0 Å². The van der Waals surface area contributed by atoms with Crippen LogP contribution in [0.3, 0.4) is 0 Å². The first-order valence-corrected chi connectivity index (χ1v) is 7.37. The normalized spacial score (nSPS) is 18.9. The molecule has 1 aliphatic heterocycles. The van der Waals surface area contributed by atoms with Crippen molar-refractivity contribution in [1.29, 1.82) is 0 Å². The predicted molar refractivity (Wildman–Crippen MR) is 81.0 cm³/mol. The van der Waals surface area contributed by atoms with E-state index in [1.807, 2.05) is 29.2 Å². The van der Waals surface area contributed by atoms with Gasteiger partial charge in [0.15, 0.2) is 0 Å². The Morgan fingerprint density at radius 1 is 1.38 bits per heavy atom. The number of para-hydroxylation sites is 2. The van der Waals surface area contributed by atoms with Crippen LogP contribution in [0, 0.1) is 5.92 Å². The van der Waals surface area contributed by atoms with Crippen molar-refractivity contribution in [3.63, 3.8) is 0 Å². The minimum Gasteiger partial charge on any atom is -0.341 e. The maximum Gasteiger partial charge on any atom is 0.269 e. The Morgan fingerprint density at radius 2 is 2.19 bits per heavy atom. The molecule has 5 heteroatoms. The summed E-state index contributed by atoms with van der Waals surface area (Å²) in [5.41, 5.74) is 1.22. The highest BCUT2D eigenvalue weighted by atomic mass is 16.2. The summed E-state index contributed by atoms with van der Waals surface area (Å²) in [6.45, 7) is 3.83. The number of rotatable bonds is 2. The summed E-state index contributed by atoms with van der Waals surface area (Å²) in [5, 5.41) is 0. The van der Waals surface area contributed by atoms with Crippen molar-refractivity contribution in [2.75, 3.05) is 13.1 Å². The lowest BCUT2D eigenvalue weighted by Crippen LogP contribution is -2.42. The standard InChI is InChI=1S/C16H19N3O2/c1-12-5-4-8-18(10-12)16(21)11-19-14-7-3-2-6-13(14)17-9-15(19)20/h2-3,6-7,9,12H,4-5,8,10-11H2,1H3/t12-/m1/s1. The zero-order valence-corrected chi connectivity index (χ0v) is 12.2. The van der Waals surface area contributed by atoms with Crippen molar-refractivity contribution in [3.05, 3.63) is 40.8 Å². The van der Waals surface area contributed by atoms with E-state index >= 15 is 0 Å². The van der Waals surface area contributed by atoms with Crippen LogP contribution in [-0.4, -0.2) is 33.4 Å². The highest BCUT2D eigenvalue weighted by Crippen LogP contribution is 2.16. The SMILES string of the molecule is C[C@@H]1CCCN(C(=O)Cn2c(=O)cnc3ccccc32)C1. The molecular formula is C16H19N3O2. The molecule has 3 rings (SSSR count). The number of fused-ring (bicyclic) bond motifs is 1. The summed E-state index contributed by atoms with van der Waals surface area (Å²) in [4.78, 5) is 30.5. The van der Waals surface area contributed by atoms with Gasteiger partial charge in [-0.05, 0) is 30.9 Å². The van der Waals surface area contributed by atoms with E-state index in [1.54, 1.807) is 0 Å². The van der Waals surface area contributed by atoms with E-state index in [9.17, 15) is 9.59 Å². The molecule has 5 nitrogen and oxygen atoms in total. The zero-order chi connectivity index (χ0) is 14.8. The number of carbonyl (C=O) groups is 1. The first-order valence-electron chi connectivity index (χ1n) is 7.37. The molecule has 1 fully saturated rings. The van der Waals surface area contributed by atoms with Crippen LogP contribution in [-0.2, 0) is 11.3 Å². The largest absolute Gasteiger partial charge is 0.341 e. The van der Waals surface area contributed by atoms with Gasteiger partial charge in [0.25, 0.3) is 5.56 Å². The molecule has 2 aromatic rings. The van der Waals surface area contributed by atoms with Crippen LogP contribution in [0.4, 0.5) is 0 Å². The summed E-state index contributed by atoms with van der Waals surface area (Å²) in [5.74, 6) is 0.550. The van der Waals surface area contributed by atoms with Gasteiger partial charge >= 0.3 is 0 Å². The van der Waals surface area contributed by atoms with Gasteiger partial charge in [0.05, 0.1) is 17.2 Å². The quantitative estimate of drug-likeness (QED) is 0.843. The second-order valence-electron chi connectivity index (χ2n) is 5.76. The summed E-state index contributed by atoms with van der Waals surface area (Å²) >= 11 is 0. The van der Waals surface area contributed by atoms with E-state index in [0.29, 0.717) is 11.4 Å². The number of aromatic nitrogens is 2. The highest BCUT2D eigenvalue weighted by molar-refractivity contribution is 5.80. The molecule has 1 atom stereocenters. The third kappa shape index (κ3) is 2.82. The molecule has 0 bridgehead atoms. The third-order valence-electron chi connectivity index (χ3n) is 4.06. The summed E-state index contributed by atoms with van der Waals surface area (Å²) in [6, 6.07) is 7.40. The second kappa shape index (κ2) is 5.68. The van der Waals surface area contributed by atoms with Crippen molar-refractivity contribution in [2.45, 2.75) is 26.3 Å². The molecule has 0 N–H and O–H groups in total. The Hall–Kier alpha value is -2.17. The van der Waals surface area contributed by atoms with Crippen molar-refractivity contribution < 1.29 is 4.79 Å². The molecule has 2 heterocycles. The van der Waals surface area contributed by atoms with Crippen molar-refractivity contribution in [2.24, 2.45) is 5.92 Å². The Morgan fingerprint density at radius 3 is 3.00 bits per heavy atom. The van der Waals surface area contributed by atoms with Crippen LogP contribution in [0.2, 0.25) is 0 Å². The van der Waals surface area contributed by atoms with Crippen molar-refractivity contribution >= 4 is 16.9 Å². The van der Waals surface area contributed by atoms with E-state index < -0.39 is 0 Å². The lowest BCUT2D eigenvalue weighted by Gasteiger charge is -2.31. The predicted octanol–water partition coefficient (Wildman–Crippen LogP) is 1.65. The van der Waals surface area contributed by atoms with E-state index in [4.69, 9.17) is 0 Å². The minimum atomic E-state index is -0.230. The molecule has 1 aromatic carbocycles. The maximum atomic E-state index is 12.5. The third-order valence-corrected chi connectivity index (χ3v) is 4.06. The Kier molecular flexibility index (Phi) is 3.73. The number of hydrogen-bond donors (Lipinski definition) is 0. The maximum absolute atomic E-state index is 12.5. The van der Waals surface area contributed by atoms with E-state index in [1.165, 1.54) is 17.2 Å². The number of likely N-dealkylation sites (tertiary alicyclic amines) is 1. The van der Waals surface area contributed by atoms with Gasteiger partial charge in [-0.3, -0.25) is 14.2 Å². The van der Waals surface area contributed by atoms with Gasteiger partial charge in [0.1, 0.15) is 6.54 Å². The molecule has 0 spiro atoms. The van der Waals surface area contributed by atoms with Gasteiger partial charge in [0, 0.05) is 13.1 Å². The average Bonchev–Trinajstić information content (AvgIpc) is 2.50. The molecule has 21 heavy (non-hydrogen) atoms. The molecule has 1 saturated heterocycles. The van der Waals surface area contributed by atoms with Crippen LogP contribution in [0.25, 0.3) is 11.0 Å². The second-order valence-corrected chi connectivity index (χ2v) is 5.76. The van der Waals surface area contributed by atoms with E-state index in [2.05, 4.69) is 11.9 Å². The summed E-state index contributed by atoms with van der Waals surface area (Å²) < 4.78 is 1.52. The Labute approximate surface area is 123 Å². The first-order chi connectivity index (χ1) is 10.1. The molecule has 0 unspecified atom stereocenters. The van der Waals surface area contributed by atoms with Crippen LogP contribution >= 0.6 is 0 Å². The Balaban J connectivity index is 1.89. The molecule has 1 aliphatic rings. The minimum absolute atomic E-state index is 0.0139. The van der Waals surface area contributed by atoms with Gasteiger partial charge < -0.3 is 4.90 Å². The van der Waals surface area contributed by atoms with Crippen molar-refractivity contribution in [1.82, 2.24) is 14.5 Å². The van der Waals surface area contributed by atoms with Gasteiger partial charge in [-0.15, -0.1) is 0 Å². The number of nitrogens with zero attached hydrogens (tertiary/aromatic N) is 3. The lowest BCUT2D eigenvalue weighted by atomic mass is 10.0. The Bertz CT molecular complexity index is 723. The fourth-order valence-electron chi connectivity index (χ4n) is 2.93. The fraction of sp³-hybridized carbons (Fsp3) is 0.438. The van der Waals surface area contributed by atoms with Crippen LogP contribution in [0.15, 0.2) is 35.3 Å². The fourth-order valence-corrected chi connectivity index (χ4v) is 2.93. The highest BCUT2D eigenvalue weighted by Gasteiger charge is 2.21. The number of benzene rings is 1. The lowest BCUT2D eigenvalue weighted by molar-refractivity contribution is -0.133. The summed E-state index contributed by atoms with van der Waals surface area (Å²) in [7, 11) is 0. The zero-order valence-electron chi connectivity index (χ0n) is 12.2.